The molecule has 0 saturated carbocycles. The molecule has 1 aromatic heterocycles. The molecule has 1 aliphatic heterocycles. The van der Waals surface area contributed by atoms with Crippen molar-refractivity contribution in [3.63, 3.8) is 0 Å². The highest BCUT2D eigenvalue weighted by atomic mass is 16.3. The fraction of sp³-hybridized carbons (Fsp3) is 0.500. The lowest BCUT2D eigenvalue weighted by Gasteiger charge is -2.60. The smallest absolute Gasteiger partial charge is 0.263 e. The Labute approximate surface area is 182 Å². The summed E-state index contributed by atoms with van der Waals surface area (Å²) in [6.45, 7) is 4.81. The van der Waals surface area contributed by atoms with Crippen LogP contribution in [0.1, 0.15) is 46.1 Å². The van der Waals surface area contributed by atoms with Crippen LogP contribution in [0.2, 0.25) is 0 Å². The van der Waals surface area contributed by atoms with Gasteiger partial charge in [-0.3, -0.25) is 9.59 Å². The Morgan fingerprint density at radius 1 is 1.23 bits per heavy atom. The van der Waals surface area contributed by atoms with E-state index >= 15 is 0 Å². The van der Waals surface area contributed by atoms with Crippen LogP contribution >= 0.6 is 0 Å². The van der Waals surface area contributed by atoms with Gasteiger partial charge in [0.15, 0.2) is 0 Å². The first-order valence-corrected chi connectivity index (χ1v) is 10.7. The number of hydrogen-bond acceptors (Lipinski definition) is 5. The molecule has 0 spiro atoms. The Morgan fingerprint density at radius 2 is 1.94 bits per heavy atom. The van der Waals surface area contributed by atoms with Crippen LogP contribution in [-0.2, 0) is 25.3 Å². The molecule has 3 unspecified atom stereocenters. The highest BCUT2D eigenvalue weighted by Crippen LogP contribution is 2.53. The van der Waals surface area contributed by atoms with Crippen molar-refractivity contribution in [2.75, 3.05) is 20.6 Å². The van der Waals surface area contributed by atoms with Gasteiger partial charge in [-0.15, -0.1) is 0 Å². The average Bonchev–Trinajstić information content (AvgIpc) is 2.74. The standard InChI is InChI=1S/C24H31N3O4/c1-14-6-7-17(28)11-19(14)23-8-9-26(4)15(2)24(23,31)12-16-10-18(21(29)25-3)22(30)27(5)20(16)13-23/h6-7,10-11,15,28,31H,8-9,12-13H2,1-5H3,(H,25,29). The fourth-order valence-electron chi connectivity index (χ4n) is 5.79. The molecule has 2 aliphatic rings. The lowest BCUT2D eigenvalue weighted by molar-refractivity contribution is -0.133. The normalized spacial score (nSPS) is 28.0. The molecule has 0 bridgehead atoms. The number of carbonyl (C=O) groups is 1. The SMILES string of the molecule is CNC(=O)c1cc2c(n(C)c1=O)CC1(c3cc(O)ccc3C)CCN(C)C(C)C1(O)C2. The number of nitrogens with zero attached hydrogens (tertiary/aromatic N) is 2. The molecule has 2 heterocycles. The number of aromatic nitrogens is 1. The Hall–Kier alpha value is -2.64. The van der Waals surface area contributed by atoms with Crippen LogP contribution in [0, 0.1) is 6.92 Å². The van der Waals surface area contributed by atoms with Crippen LogP contribution < -0.4 is 10.9 Å². The van der Waals surface area contributed by atoms with E-state index in [9.17, 15) is 19.8 Å². The number of nitrogens with one attached hydrogen (secondary N) is 1. The van der Waals surface area contributed by atoms with Crippen LogP contribution in [0.15, 0.2) is 29.1 Å². The van der Waals surface area contributed by atoms with Gasteiger partial charge in [-0.25, -0.2) is 0 Å². The maximum absolute atomic E-state index is 13.0. The fourth-order valence-corrected chi connectivity index (χ4v) is 5.79. The van der Waals surface area contributed by atoms with Crippen molar-refractivity contribution in [3.05, 3.63) is 62.6 Å². The Kier molecular flexibility index (Phi) is 5.02. The van der Waals surface area contributed by atoms with Crippen LogP contribution in [0.3, 0.4) is 0 Å². The molecule has 4 rings (SSSR count). The second-order valence-corrected chi connectivity index (χ2v) is 9.24. The van der Waals surface area contributed by atoms with Crippen LogP contribution in [-0.4, -0.2) is 57.9 Å². The van der Waals surface area contributed by atoms with Crippen molar-refractivity contribution >= 4 is 5.91 Å². The molecule has 7 heteroatoms. The number of fused-ring (bicyclic) bond motifs is 2. The number of aliphatic hydroxyl groups is 1. The minimum atomic E-state index is -1.14. The number of phenols is 1. The summed E-state index contributed by atoms with van der Waals surface area (Å²) in [5.74, 6) is -0.261. The first-order valence-electron chi connectivity index (χ1n) is 10.7. The van der Waals surface area contributed by atoms with E-state index in [1.165, 1.54) is 7.05 Å². The number of phenolic OH excluding ortho intramolecular Hbond substituents is 1. The molecule has 7 nitrogen and oxygen atoms in total. The van der Waals surface area contributed by atoms with Gasteiger partial charge in [-0.2, -0.15) is 0 Å². The Morgan fingerprint density at radius 3 is 2.61 bits per heavy atom. The van der Waals surface area contributed by atoms with Gasteiger partial charge in [0, 0.05) is 44.1 Å². The predicted molar refractivity (Wildman–Crippen MR) is 119 cm³/mol. The molecule has 1 saturated heterocycles. The molecule has 0 radical (unpaired) electrons. The summed E-state index contributed by atoms with van der Waals surface area (Å²) >= 11 is 0. The molecule has 166 valence electrons. The zero-order chi connectivity index (χ0) is 22.7. The lowest BCUT2D eigenvalue weighted by atomic mass is 9.53. The number of aryl methyl sites for hydroxylation is 1. The van der Waals surface area contributed by atoms with Gasteiger partial charge in [-0.05, 0) is 68.8 Å². The van der Waals surface area contributed by atoms with Gasteiger partial charge in [-0.1, -0.05) is 6.07 Å². The zero-order valence-corrected chi connectivity index (χ0v) is 18.8. The third-order valence-electron chi connectivity index (χ3n) is 7.84. The maximum atomic E-state index is 13.0. The number of hydrogen-bond donors (Lipinski definition) is 3. The van der Waals surface area contributed by atoms with E-state index in [2.05, 4.69) is 10.2 Å². The van der Waals surface area contributed by atoms with E-state index in [4.69, 9.17) is 0 Å². The largest absolute Gasteiger partial charge is 0.508 e. The number of aromatic hydroxyl groups is 1. The molecule has 1 amide bonds. The second-order valence-electron chi connectivity index (χ2n) is 9.24. The number of piperidine rings is 1. The van der Waals surface area contributed by atoms with Crippen molar-refractivity contribution in [2.24, 2.45) is 7.05 Å². The molecule has 1 aliphatic carbocycles. The maximum Gasteiger partial charge on any atom is 0.263 e. The third-order valence-corrected chi connectivity index (χ3v) is 7.84. The number of benzene rings is 1. The average molecular weight is 426 g/mol. The molecule has 2 aromatic rings. The zero-order valence-electron chi connectivity index (χ0n) is 18.8. The van der Waals surface area contributed by atoms with Gasteiger partial charge < -0.3 is 25.0 Å². The molecular weight excluding hydrogens is 394 g/mol. The van der Waals surface area contributed by atoms with Gasteiger partial charge in [0.05, 0.1) is 5.60 Å². The highest BCUT2D eigenvalue weighted by molar-refractivity contribution is 5.93. The summed E-state index contributed by atoms with van der Waals surface area (Å²) in [5.41, 5.74) is 1.53. The topological polar surface area (TPSA) is 94.8 Å². The molecule has 3 N–H and O–H groups in total. The molecule has 31 heavy (non-hydrogen) atoms. The van der Waals surface area contributed by atoms with Crippen molar-refractivity contribution < 1.29 is 15.0 Å². The van der Waals surface area contributed by atoms with E-state index < -0.39 is 16.9 Å². The molecule has 1 aromatic carbocycles. The molecule has 3 atom stereocenters. The van der Waals surface area contributed by atoms with E-state index in [0.29, 0.717) is 19.3 Å². The molecule has 1 fully saturated rings. The summed E-state index contributed by atoms with van der Waals surface area (Å²) < 4.78 is 1.56. The van der Waals surface area contributed by atoms with Crippen molar-refractivity contribution in [1.29, 1.82) is 0 Å². The van der Waals surface area contributed by atoms with Gasteiger partial charge >= 0.3 is 0 Å². The summed E-state index contributed by atoms with van der Waals surface area (Å²) in [7, 11) is 5.20. The highest BCUT2D eigenvalue weighted by Gasteiger charge is 2.60. The summed E-state index contributed by atoms with van der Waals surface area (Å²) in [6.07, 6.45) is 1.47. The first-order chi connectivity index (χ1) is 14.6. The summed E-state index contributed by atoms with van der Waals surface area (Å²) in [6, 6.07) is 6.80. The number of likely N-dealkylation sites (tertiary alicyclic amines) is 1. The van der Waals surface area contributed by atoms with Gasteiger partial charge in [0.2, 0.25) is 0 Å². The van der Waals surface area contributed by atoms with Crippen LogP contribution in [0.25, 0.3) is 0 Å². The Bertz CT molecular complexity index is 1120. The first kappa shape index (κ1) is 21.6. The number of amides is 1. The van der Waals surface area contributed by atoms with E-state index in [1.807, 2.05) is 27.0 Å². The minimum Gasteiger partial charge on any atom is -0.508 e. The summed E-state index contributed by atoms with van der Waals surface area (Å²) in [5, 5.41) is 25.1. The molecular formula is C24H31N3O4. The van der Waals surface area contributed by atoms with Crippen molar-refractivity contribution in [1.82, 2.24) is 14.8 Å². The number of pyridine rings is 1. The van der Waals surface area contributed by atoms with E-state index in [-0.39, 0.29) is 22.9 Å². The number of rotatable bonds is 2. The third kappa shape index (κ3) is 2.94. The summed E-state index contributed by atoms with van der Waals surface area (Å²) in [4.78, 5) is 27.4. The second kappa shape index (κ2) is 7.21. The van der Waals surface area contributed by atoms with Gasteiger partial charge in [0.25, 0.3) is 11.5 Å². The van der Waals surface area contributed by atoms with E-state index in [1.54, 1.807) is 29.8 Å². The monoisotopic (exact) mass is 425 g/mol. The number of likely N-dealkylation sites (N-methyl/N-ethyl adjacent to an activating group) is 1. The van der Waals surface area contributed by atoms with Crippen molar-refractivity contribution in [2.45, 2.75) is 50.2 Å². The van der Waals surface area contributed by atoms with Crippen LogP contribution in [0.4, 0.5) is 0 Å². The van der Waals surface area contributed by atoms with Crippen LogP contribution in [0.5, 0.6) is 5.75 Å². The minimum absolute atomic E-state index is 0.0882. The Balaban J connectivity index is 2.01. The predicted octanol–water partition coefficient (Wildman–Crippen LogP) is 1.25. The van der Waals surface area contributed by atoms with E-state index in [0.717, 1.165) is 28.9 Å². The van der Waals surface area contributed by atoms with Gasteiger partial charge in [0.1, 0.15) is 11.3 Å². The lowest BCUT2D eigenvalue weighted by Crippen LogP contribution is -2.70. The van der Waals surface area contributed by atoms with Crippen molar-refractivity contribution in [3.8, 4) is 5.75 Å². The number of carbonyl (C=O) groups excluding carboxylic acids is 1. The quantitative estimate of drug-likeness (QED) is 0.673.